The molecule has 1 rings (SSSR count). The van der Waals surface area contributed by atoms with Gasteiger partial charge in [-0.3, -0.25) is 0 Å². The molecule has 0 saturated heterocycles. The summed E-state index contributed by atoms with van der Waals surface area (Å²) in [5, 5.41) is 3.43. The van der Waals surface area contributed by atoms with Gasteiger partial charge in [0.15, 0.2) is 0 Å². The normalized spacial score (nSPS) is 11.9. The number of hydrogen-bond donors (Lipinski definition) is 1. The second kappa shape index (κ2) is 7.07. The van der Waals surface area contributed by atoms with Gasteiger partial charge in [0, 0.05) is 24.8 Å². The number of pyridine rings is 1. The quantitative estimate of drug-likeness (QED) is 0.821. The molecule has 1 N–H and O–H groups in total. The lowest BCUT2D eigenvalue weighted by molar-refractivity contribution is 0.398. The molecule has 0 bridgehead atoms. The summed E-state index contributed by atoms with van der Waals surface area (Å²) in [6.45, 7) is 7.41. The fourth-order valence-corrected chi connectivity index (χ4v) is 1.45. The largest absolute Gasteiger partial charge is 0.481 e. The Morgan fingerprint density at radius 1 is 1.47 bits per heavy atom. The van der Waals surface area contributed by atoms with Crippen molar-refractivity contribution in [2.75, 3.05) is 13.7 Å². The van der Waals surface area contributed by atoms with E-state index in [-0.39, 0.29) is 0 Å². The second-order valence-electron chi connectivity index (χ2n) is 4.33. The van der Waals surface area contributed by atoms with Crippen molar-refractivity contribution in [1.82, 2.24) is 10.3 Å². The van der Waals surface area contributed by atoms with E-state index >= 15 is 0 Å². The van der Waals surface area contributed by atoms with E-state index in [1.807, 2.05) is 18.3 Å². The average molecular weight is 234 g/mol. The van der Waals surface area contributed by atoms with Crippen LogP contribution in [0.4, 0.5) is 0 Å². The third kappa shape index (κ3) is 5.00. The minimum Gasteiger partial charge on any atom is -0.481 e. The van der Waals surface area contributed by atoms with Gasteiger partial charge in [-0.2, -0.15) is 0 Å². The third-order valence-corrected chi connectivity index (χ3v) is 2.53. The van der Waals surface area contributed by atoms with Crippen LogP contribution in [-0.2, 0) is 0 Å². The van der Waals surface area contributed by atoms with Crippen LogP contribution in [0, 0.1) is 0 Å². The average Bonchev–Trinajstić information content (AvgIpc) is 2.35. The molecule has 0 radical (unpaired) electrons. The zero-order valence-corrected chi connectivity index (χ0v) is 11.2. The Hall–Kier alpha value is -1.35. The molecular formula is C14H22N2O. The van der Waals surface area contributed by atoms with E-state index in [0.29, 0.717) is 11.9 Å². The number of hydrogen-bond acceptors (Lipinski definition) is 3. The Morgan fingerprint density at radius 2 is 2.24 bits per heavy atom. The van der Waals surface area contributed by atoms with Crippen LogP contribution in [-0.4, -0.2) is 24.7 Å². The van der Waals surface area contributed by atoms with Crippen molar-refractivity contribution < 1.29 is 4.74 Å². The van der Waals surface area contributed by atoms with Crippen LogP contribution >= 0.6 is 0 Å². The smallest absolute Gasteiger partial charge is 0.212 e. The number of ether oxygens (including phenoxy) is 1. The van der Waals surface area contributed by atoms with Gasteiger partial charge in [0.05, 0.1) is 7.11 Å². The van der Waals surface area contributed by atoms with Crippen LogP contribution in [0.25, 0.3) is 6.08 Å². The molecule has 0 aliphatic heterocycles. The monoisotopic (exact) mass is 234 g/mol. The first-order valence-electron chi connectivity index (χ1n) is 6.08. The molecule has 0 aliphatic rings. The van der Waals surface area contributed by atoms with Crippen LogP contribution < -0.4 is 10.1 Å². The van der Waals surface area contributed by atoms with Gasteiger partial charge in [0.25, 0.3) is 0 Å². The van der Waals surface area contributed by atoms with Gasteiger partial charge in [-0.25, -0.2) is 4.98 Å². The van der Waals surface area contributed by atoms with Crippen molar-refractivity contribution in [1.29, 1.82) is 0 Å². The highest BCUT2D eigenvalue weighted by molar-refractivity contribution is 5.52. The lowest BCUT2D eigenvalue weighted by Gasteiger charge is -2.10. The molecule has 3 heteroatoms. The maximum atomic E-state index is 5.04. The summed E-state index contributed by atoms with van der Waals surface area (Å²) in [5.41, 5.74) is 2.50. The Balaban J connectivity index is 2.68. The summed E-state index contributed by atoms with van der Waals surface area (Å²) < 4.78 is 5.04. The Morgan fingerprint density at radius 3 is 2.71 bits per heavy atom. The first-order valence-corrected chi connectivity index (χ1v) is 6.08. The predicted molar refractivity (Wildman–Crippen MR) is 72.2 cm³/mol. The molecule has 94 valence electrons. The third-order valence-electron chi connectivity index (χ3n) is 2.53. The van der Waals surface area contributed by atoms with Crippen molar-refractivity contribution in [2.45, 2.75) is 33.2 Å². The van der Waals surface area contributed by atoms with Crippen molar-refractivity contribution in [3.63, 3.8) is 0 Å². The molecular weight excluding hydrogens is 212 g/mol. The molecule has 0 amide bonds. The van der Waals surface area contributed by atoms with Gasteiger partial charge in [-0.15, -0.1) is 0 Å². The van der Waals surface area contributed by atoms with Gasteiger partial charge in [0.2, 0.25) is 5.88 Å². The molecule has 0 saturated carbocycles. The zero-order chi connectivity index (χ0) is 12.7. The summed E-state index contributed by atoms with van der Waals surface area (Å²) >= 11 is 0. The number of aromatic nitrogens is 1. The molecule has 0 fully saturated rings. The van der Waals surface area contributed by atoms with E-state index in [0.717, 1.165) is 18.5 Å². The van der Waals surface area contributed by atoms with E-state index in [1.165, 1.54) is 5.57 Å². The number of methoxy groups -OCH3 is 1. The van der Waals surface area contributed by atoms with Crippen LogP contribution in [0.2, 0.25) is 0 Å². The zero-order valence-electron chi connectivity index (χ0n) is 11.2. The summed E-state index contributed by atoms with van der Waals surface area (Å²) in [6.07, 6.45) is 5.07. The van der Waals surface area contributed by atoms with Crippen LogP contribution in [0.15, 0.2) is 23.9 Å². The molecule has 17 heavy (non-hydrogen) atoms. The van der Waals surface area contributed by atoms with E-state index in [2.05, 4.69) is 37.1 Å². The van der Waals surface area contributed by atoms with E-state index in [4.69, 9.17) is 4.74 Å². The summed E-state index contributed by atoms with van der Waals surface area (Å²) in [7, 11) is 1.63. The SMILES string of the molecule is CC/C(=C/c1ccc(OC)nc1)CNC(C)C. The topological polar surface area (TPSA) is 34.1 Å². The fraction of sp³-hybridized carbons (Fsp3) is 0.500. The number of nitrogens with one attached hydrogen (secondary N) is 1. The maximum Gasteiger partial charge on any atom is 0.212 e. The summed E-state index contributed by atoms with van der Waals surface area (Å²) in [5.74, 6) is 0.653. The highest BCUT2D eigenvalue weighted by Crippen LogP contribution is 2.11. The molecule has 0 atom stereocenters. The van der Waals surface area contributed by atoms with Crippen LogP contribution in [0.1, 0.15) is 32.8 Å². The minimum absolute atomic E-state index is 0.513. The number of nitrogens with zero attached hydrogens (tertiary/aromatic N) is 1. The van der Waals surface area contributed by atoms with Crippen molar-refractivity contribution in [3.05, 3.63) is 29.5 Å². The highest BCUT2D eigenvalue weighted by atomic mass is 16.5. The summed E-state index contributed by atoms with van der Waals surface area (Å²) in [4.78, 5) is 4.19. The lowest BCUT2D eigenvalue weighted by Crippen LogP contribution is -2.24. The van der Waals surface area contributed by atoms with Crippen molar-refractivity contribution in [2.24, 2.45) is 0 Å². The van der Waals surface area contributed by atoms with Crippen molar-refractivity contribution >= 4 is 6.08 Å². The molecule has 0 spiro atoms. The Labute approximate surface area is 104 Å². The van der Waals surface area contributed by atoms with Gasteiger partial charge in [-0.05, 0) is 18.1 Å². The van der Waals surface area contributed by atoms with Crippen LogP contribution in [0.3, 0.4) is 0 Å². The maximum absolute atomic E-state index is 5.04. The first kappa shape index (κ1) is 13.7. The lowest BCUT2D eigenvalue weighted by atomic mass is 10.1. The molecule has 0 aliphatic carbocycles. The molecule has 1 aromatic heterocycles. The van der Waals surface area contributed by atoms with Crippen molar-refractivity contribution in [3.8, 4) is 5.88 Å². The van der Waals surface area contributed by atoms with E-state index < -0.39 is 0 Å². The van der Waals surface area contributed by atoms with Crippen LogP contribution in [0.5, 0.6) is 5.88 Å². The van der Waals surface area contributed by atoms with E-state index in [9.17, 15) is 0 Å². The van der Waals surface area contributed by atoms with Gasteiger partial charge in [0.1, 0.15) is 0 Å². The fourth-order valence-electron chi connectivity index (χ4n) is 1.45. The van der Waals surface area contributed by atoms with Gasteiger partial charge < -0.3 is 10.1 Å². The van der Waals surface area contributed by atoms with Gasteiger partial charge >= 0.3 is 0 Å². The standard InChI is InChI=1S/C14H22N2O/c1-5-12(9-15-11(2)3)8-13-6-7-14(17-4)16-10-13/h6-8,10-11,15H,5,9H2,1-4H3/b12-8-. The Kier molecular flexibility index (Phi) is 5.70. The minimum atomic E-state index is 0.513. The number of rotatable bonds is 6. The first-order chi connectivity index (χ1) is 8.15. The molecule has 3 nitrogen and oxygen atoms in total. The molecule has 1 heterocycles. The molecule has 0 aromatic carbocycles. The summed E-state index contributed by atoms with van der Waals surface area (Å²) in [6, 6.07) is 4.42. The van der Waals surface area contributed by atoms with Gasteiger partial charge in [-0.1, -0.05) is 32.4 Å². The molecule has 0 unspecified atom stereocenters. The predicted octanol–water partition coefficient (Wildman–Crippen LogP) is 2.88. The molecule has 1 aromatic rings. The Bertz CT molecular complexity index is 355. The highest BCUT2D eigenvalue weighted by Gasteiger charge is 1.98. The van der Waals surface area contributed by atoms with E-state index in [1.54, 1.807) is 7.11 Å². The second-order valence-corrected chi connectivity index (χ2v) is 4.33.